The molecule has 2 atom stereocenters. The molecule has 4 nitrogen and oxygen atoms in total. The number of amides is 1. The number of benzene rings is 1. The lowest BCUT2D eigenvalue weighted by Gasteiger charge is -2.27. The summed E-state index contributed by atoms with van der Waals surface area (Å²) >= 11 is 3.41. The fourth-order valence-electron chi connectivity index (χ4n) is 2.75. The van der Waals surface area contributed by atoms with Gasteiger partial charge in [-0.15, -0.1) is 0 Å². The molecule has 0 saturated carbocycles. The van der Waals surface area contributed by atoms with Crippen LogP contribution in [0.5, 0.6) is 0 Å². The number of rotatable bonds is 6. The Kier molecular flexibility index (Phi) is 6.01. The van der Waals surface area contributed by atoms with Crippen molar-refractivity contribution in [2.45, 2.75) is 25.7 Å². The molecule has 1 aliphatic rings. The zero-order valence-corrected chi connectivity index (χ0v) is 14.7. The average molecular weight is 370 g/mol. The average Bonchev–Trinajstić information content (AvgIpc) is 3.02. The summed E-state index contributed by atoms with van der Waals surface area (Å²) in [5, 5.41) is 12.5. The van der Waals surface area contributed by atoms with E-state index in [2.05, 4.69) is 21.2 Å². The summed E-state index contributed by atoms with van der Waals surface area (Å²) in [6, 6.07) is 7.80. The molecule has 0 spiro atoms. The molecule has 1 aliphatic heterocycles. The van der Waals surface area contributed by atoms with Crippen molar-refractivity contribution in [1.29, 1.82) is 0 Å². The van der Waals surface area contributed by atoms with Crippen molar-refractivity contribution in [3.8, 4) is 0 Å². The summed E-state index contributed by atoms with van der Waals surface area (Å²) in [4.78, 5) is 12.5. The van der Waals surface area contributed by atoms with Crippen LogP contribution in [0.4, 0.5) is 0 Å². The highest BCUT2D eigenvalue weighted by Gasteiger charge is 2.31. The van der Waals surface area contributed by atoms with Crippen molar-refractivity contribution in [3.63, 3.8) is 0 Å². The van der Waals surface area contributed by atoms with Crippen LogP contribution in [0.3, 0.4) is 0 Å². The number of nitrogens with one attached hydrogen (secondary N) is 1. The number of carbonyl (C=O) groups is 1. The number of aliphatic hydroxyl groups excluding tert-OH is 1. The van der Waals surface area contributed by atoms with Gasteiger partial charge < -0.3 is 15.2 Å². The molecule has 0 radical (unpaired) electrons. The van der Waals surface area contributed by atoms with Gasteiger partial charge in [0.2, 0.25) is 5.91 Å². The van der Waals surface area contributed by atoms with Crippen LogP contribution in [-0.4, -0.2) is 37.4 Å². The minimum absolute atomic E-state index is 0.0211. The molecule has 1 saturated heterocycles. The first-order valence-corrected chi connectivity index (χ1v) is 8.47. The van der Waals surface area contributed by atoms with Crippen LogP contribution in [0.1, 0.15) is 25.8 Å². The van der Waals surface area contributed by atoms with Crippen LogP contribution in [0.15, 0.2) is 28.7 Å². The van der Waals surface area contributed by atoms with Gasteiger partial charge in [-0.05, 0) is 43.9 Å². The molecule has 2 N–H and O–H groups in total. The van der Waals surface area contributed by atoms with Crippen LogP contribution in [0.2, 0.25) is 0 Å². The van der Waals surface area contributed by atoms with Gasteiger partial charge in [-0.1, -0.05) is 28.1 Å². The molecule has 0 bridgehead atoms. The second-order valence-electron chi connectivity index (χ2n) is 6.41. The van der Waals surface area contributed by atoms with Gasteiger partial charge in [0.05, 0.1) is 5.41 Å². The topological polar surface area (TPSA) is 58.6 Å². The van der Waals surface area contributed by atoms with E-state index in [4.69, 9.17) is 4.74 Å². The zero-order valence-electron chi connectivity index (χ0n) is 13.1. The van der Waals surface area contributed by atoms with Crippen LogP contribution < -0.4 is 5.32 Å². The van der Waals surface area contributed by atoms with Gasteiger partial charge in [-0.2, -0.15) is 0 Å². The predicted molar refractivity (Wildman–Crippen MR) is 89.7 cm³/mol. The minimum atomic E-state index is -0.604. The van der Waals surface area contributed by atoms with E-state index in [1.807, 2.05) is 38.1 Å². The van der Waals surface area contributed by atoms with Crippen LogP contribution in [0, 0.1) is 11.8 Å². The summed E-state index contributed by atoms with van der Waals surface area (Å²) in [7, 11) is 0. The van der Waals surface area contributed by atoms with Gasteiger partial charge in [0.25, 0.3) is 0 Å². The molecular weight excluding hydrogens is 346 g/mol. The van der Waals surface area contributed by atoms with E-state index < -0.39 is 5.41 Å². The standard InChI is InChI=1S/C17H24BrNO3/c1-17(2,14-3-5-15(18)6-4-14)16(21)19-9-13(10-20)12-7-8-22-11-12/h3-6,12-13,20H,7-11H2,1-2H3,(H,19,21)/t12-,13-/m1/s1. The molecule has 1 aromatic carbocycles. The van der Waals surface area contributed by atoms with Gasteiger partial charge >= 0.3 is 0 Å². The number of hydrogen-bond donors (Lipinski definition) is 2. The second kappa shape index (κ2) is 7.57. The number of aliphatic hydroxyl groups is 1. The molecule has 22 heavy (non-hydrogen) atoms. The van der Waals surface area contributed by atoms with E-state index in [1.165, 1.54) is 0 Å². The Labute approximate surface area is 140 Å². The largest absolute Gasteiger partial charge is 0.396 e. The van der Waals surface area contributed by atoms with Crippen molar-refractivity contribution in [1.82, 2.24) is 5.32 Å². The lowest BCUT2D eigenvalue weighted by Crippen LogP contribution is -2.43. The van der Waals surface area contributed by atoms with Crippen LogP contribution in [0.25, 0.3) is 0 Å². The lowest BCUT2D eigenvalue weighted by molar-refractivity contribution is -0.126. The van der Waals surface area contributed by atoms with Gasteiger partial charge in [0.1, 0.15) is 0 Å². The second-order valence-corrected chi connectivity index (χ2v) is 7.32. The minimum Gasteiger partial charge on any atom is -0.396 e. The van der Waals surface area contributed by atoms with Crippen molar-refractivity contribution >= 4 is 21.8 Å². The first kappa shape index (κ1) is 17.4. The van der Waals surface area contributed by atoms with Crippen molar-refractivity contribution in [3.05, 3.63) is 34.3 Å². The van der Waals surface area contributed by atoms with E-state index in [0.29, 0.717) is 19.1 Å². The fraction of sp³-hybridized carbons (Fsp3) is 0.588. The van der Waals surface area contributed by atoms with Gasteiger partial charge in [0.15, 0.2) is 0 Å². The third-order valence-corrected chi connectivity index (χ3v) is 5.05. The van der Waals surface area contributed by atoms with Crippen molar-refractivity contribution in [2.75, 3.05) is 26.4 Å². The van der Waals surface area contributed by atoms with Crippen molar-refractivity contribution < 1.29 is 14.6 Å². The van der Waals surface area contributed by atoms with Gasteiger partial charge in [-0.3, -0.25) is 4.79 Å². The normalized spacial score (nSPS) is 19.9. The molecule has 2 rings (SSSR count). The Balaban J connectivity index is 1.96. The molecule has 0 unspecified atom stereocenters. The van der Waals surface area contributed by atoms with E-state index in [-0.39, 0.29) is 18.4 Å². The highest BCUT2D eigenvalue weighted by atomic mass is 79.9. The molecule has 1 heterocycles. The molecule has 1 aromatic rings. The Morgan fingerprint density at radius 3 is 2.68 bits per heavy atom. The first-order valence-electron chi connectivity index (χ1n) is 7.68. The van der Waals surface area contributed by atoms with E-state index in [1.54, 1.807) is 0 Å². The van der Waals surface area contributed by atoms with Crippen LogP contribution in [-0.2, 0) is 14.9 Å². The number of carbonyl (C=O) groups excluding carboxylic acids is 1. The summed E-state index contributed by atoms with van der Waals surface area (Å²) < 4.78 is 6.36. The van der Waals surface area contributed by atoms with Crippen LogP contribution >= 0.6 is 15.9 Å². The summed E-state index contributed by atoms with van der Waals surface area (Å²) in [6.45, 7) is 5.82. The third kappa shape index (κ3) is 4.09. The molecule has 0 aliphatic carbocycles. The summed E-state index contributed by atoms with van der Waals surface area (Å²) in [5.41, 5.74) is 0.366. The number of halogens is 1. The Hall–Kier alpha value is -0.910. The third-order valence-electron chi connectivity index (χ3n) is 4.52. The van der Waals surface area contributed by atoms with Gasteiger partial charge in [0, 0.05) is 36.8 Å². The first-order chi connectivity index (χ1) is 10.4. The molecule has 5 heteroatoms. The monoisotopic (exact) mass is 369 g/mol. The SMILES string of the molecule is CC(C)(C(=O)NC[C@H](CO)[C@@H]1CCOC1)c1ccc(Br)cc1. The maximum absolute atomic E-state index is 12.5. The lowest BCUT2D eigenvalue weighted by atomic mass is 9.83. The number of ether oxygens (including phenoxy) is 1. The van der Waals surface area contributed by atoms with Crippen molar-refractivity contribution in [2.24, 2.45) is 11.8 Å². The van der Waals surface area contributed by atoms with E-state index >= 15 is 0 Å². The Morgan fingerprint density at radius 2 is 2.14 bits per heavy atom. The molecule has 122 valence electrons. The van der Waals surface area contributed by atoms with Gasteiger partial charge in [-0.25, -0.2) is 0 Å². The zero-order chi connectivity index (χ0) is 16.2. The number of hydrogen-bond acceptors (Lipinski definition) is 3. The fourth-order valence-corrected chi connectivity index (χ4v) is 3.01. The molecule has 1 fully saturated rings. The summed E-state index contributed by atoms with van der Waals surface area (Å²) in [6.07, 6.45) is 0.956. The highest BCUT2D eigenvalue weighted by Crippen LogP contribution is 2.26. The predicted octanol–water partition coefficient (Wildman–Crippen LogP) is 2.49. The molecular formula is C17H24BrNO3. The quantitative estimate of drug-likeness (QED) is 0.809. The maximum Gasteiger partial charge on any atom is 0.230 e. The molecule has 0 aromatic heterocycles. The molecule has 1 amide bonds. The Bertz CT molecular complexity index is 495. The highest BCUT2D eigenvalue weighted by molar-refractivity contribution is 9.10. The van der Waals surface area contributed by atoms with E-state index in [0.717, 1.165) is 23.1 Å². The summed E-state index contributed by atoms with van der Waals surface area (Å²) in [5.74, 6) is 0.375. The Morgan fingerprint density at radius 1 is 1.45 bits per heavy atom. The smallest absolute Gasteiger partial charge is 0.230 e. The van der Waals surface area contributed by atoms with E-state index in [9.17, 15) is 9.90 Å². The maximum atomic E-state index is 12.5.